The quantitative estimate of drug-likeness (QED) is 0.784. The van der Waals surface area contributed by atoms with Gasteiger partial charge in [0.15, 0.2) is 0 Å². The lowest BCUT2D eigenvalue weighted by molar-refractivity contribution is 0.0926. The van der Waals surface area contributed by atoms with E-state index >= 15 is 0 Å². The fourth-order valence-electron chi connectivity index (χ4n) is 2.73. The molecule has 0 saturated heterocycles. The number of benzene rings is 1. The van der Waals surface area contributed by atoms with Gasteiger partial charge >= 0.3 is 0 Å². The number of hydrogen-bond donors (Lipinski definition) is 3. The van der Waals surface area contributed by atoms with Gasteiger partial charge in [-0.3, -0.25) is 9.59 Å². The number of H-pyrrole nitrogens is 1. The van der Waals surface area contributed by atoms with E-state index in [9.17, 15) is 14.0 Å². The molecular weight excluding hydrogens is 287 g/mol. The second kappa shape index (κ2) is 5.88. The average Bonchev–Trinajstić information content (AvgIpc) is 3.29. The van der Waals surface area contributed by atoms with Crippen LogP contribution in [-0.2, 0) is 0 Å². The summed E-state index contributed by atoms with van der Waals surface area (Å²) < 4.78 is 13.3. The maximum Gasteiger partial charge on any atom is 0.252 e. The van der Waals surface area contributed by atoms with Crippen LogP contribution in [-0.4, -0.2) is 28.6 Å². The smallest absolute Gasteiger partial charge is 0.252 e. The molecule has 22 heavy (non-hydrogen) atoms. The van der Waals surface area contributed by atoms with Crippen LogP contribution in [0.25, 0.3) is 10.9 Å². The summed E-state index contributed by atoms with van der Waals surface area (Å²) in [6.07, 6.45) is 2.56. The maximum atomic E-state index is 13.3. The summed E-state index contributed by atoms with van der Waals surface area (Å²) in [6.45, 7) is 0.00276. The van der Waals surface area contributed by atoms with Crippen LogP contribution in [0.1, 0.15) is 29.6 Å². The van der Waals surface area contributed by atoms with Crippen molar-refractivity contribution in [2.45, 2.75) is 25.3 Å². The molecule has 116 valence electrons. The number of amides is 1. The summed E-state index contributed by atoms with van der Waals surface area (Å²) in [5.41, 5.74) is 0.0681. The van der Waals surface area contributed by atoms with Gasteiger partial charge in [-0.05, 0) is 43.4 Å². The molecule has 3 rings (SSSR count). The van der Waals surface area contributed by atoms with Crippen molar-refractivity contribution >= 4 is 16.8 Å². The van der Waals surface area contributed by atoms with Crippen molar-refractivity contribution < 1.29 is 14.3 Å². The molecule has 0 aliphatic heterocycles. The number of aliphatic hydroxyl groups is 1. The van der Waals surface area contributed by atoms with Crippen molar-refractivity contribution in [2.24, 2.45) is 5.92 Å². The zero-order valence-corrected chi connectivity index (χ0v) is 11.9. The molecule has 1 aliphatic carbocycles. The molecule has 2 aromatic rings. The van der Waals surface area contributed by atoms with Gasteiger partial charge in [-0.15, -0.1) is 0 Å². The predicted octanol–water partition coefficient (Wildman–Crippen LogP) is 1.56. The third-order valence-corrected chi connectivity index (χ3v) is 4.00. The van der Waals surface area contributed by atoms with Gasteiger partial charge in [0.1, 0.15) is 5.82 Å². The number of hydrogen-bond acceptors (Lipinski definition) is 3. The number of aromatic nitrogens is 1. The Morgan fingerprint density at radius 1 is 1.41 bits per heavy atom. The molecule has 3 N–H and O–H groups in total. The first-order valence-electron chi connectivity index (χ1n) is 7.33. The minimum atomic E-state index is -0.475. The topological polar surface area (TPSA) is 82.2 Å². The van der Waals surface area contributed by atoms with E-state index in [1.54, 1.807) is 0 Å². The molecular formula is C16H17FN2O3. The summed E-state index contributed by atoms with van der Waals surface area (Å²) in [5, 5.41) is 12.5. The molecule has 1 aromatic heterocycles. The van der Waals surface area contributed by atoms with Gasteiger partial charge in [0.2, 0.25) is 5.56 Å². The van der Waals surface area contributed by atoms with Crippen molar-refractivity contribution in [3.63, 3.8) is 0 Å². The lowest BCUT2D eigenvalue weighted by atomic mass is 10.1. The van der Waals surface area contributed by atoms with E-state index < -0.39 is 11.4 Å². The van der Waals surface area contributed by atoms with E-state index in [2.05, 4.69) is 10.3 Å². The molecule has 1 atom stereocenters. The zero-order valence-electron chi connectivity index (χ0n) is 11.9. The summed E-state index contributed by atoms with van der Waals surface area (Å²) in [4.78, 5) is 26.7. The first-order chi connectivity index (χ1) is 10.6. The second-order valence-corrected chi connectivity index (χ2v) is 5.67. The Hall–Kier alpha value is -2.21. The monoisotopic (exact) mass is 304 g/mol. The molecule has 1 heterocycles. The molecule has 6 heteroatoms. The lowest BCUT2D eigenvalue weighted by Crippen LogP contribution is -2.37. The Bertz CT molecular complexity index is 768. The third-order valence-electron chi connectivity index (χ3n) is 4.00. The van der Waals surface area contributed by atoms with Crippen molar-refractivity contribution in [1.29, 1.82) is 0 Å². The molecule has 1 amide bonds. The van der Waals surface area contributed by atoms with Gasteiger partial charge in [-0.2, -0.15) is 0 Å². The van der Waals surface area contributed by atoms with E-state index in [1.807, 2.05) is 0 Å². The maximum absolute atomic E-state index is 13.3. The highest BCUT2D eigenvalue weighted by molar-refractivity contribution is 6.06. The Kier molecular flexibility index (Phi) is 3.94. The number of pyridine rings is 1. The summed E-state index contributed by atoms with van der Waals surface area (Å²) in [5.74, 6) is -0.452. The first kappa shape index (κ1) is 14.7. The molecule has 1 aliphatic rings. The highest BCUT2D eigenvalue weighted by atomic mass is 19.1. The Morgan fingerprint density at radius 2 is 2.18 bits per heavy atom. The number of carbonyl (C=O) groups excluding carboxylic acids is 1. The molecule has 0 radical (unpaired) electrons. The molecule has 1 fully saturated rings. The number of aromatic amines is 1. The van der Waals surface area contributed by atoms with E-state index in [4.69, 9.17) is 5.11 Å². The minimum absolute atomic E-state index is 0.00276. The summed E-state index contributed by atoms with van der Waals surface area (Å²) in [6, 6.07) is 5.06. The molecule has 1 aromatic carbocycles. The number of halogens is 1. The van der Waals surface area contributed by atoms with Crippen LogP contribution in [0.2, 0.25) is 0 Å². The normalized spacial score (nSPS) is 15.7. The van der Waals surface area contributed by atoms with Gasteiger partial charge in [-0.1, -0.05) is 0 Å². The van der Waals surface area contributed by atoms with Crippen molar-refractivity contribution in [2.75, 3.05) is 6.61 Å². The molecule has 5 nitrogen and oxygen atoms in total. The fraction of sp³-hybridized carbons (Fsp3) is 0.375. The summed E-state index contributed by atoms with van der Waals surface area (Å²) in [7, 11) is 0. The lowest BCUT2D eigenvalue weighted by Gasteiger charge is -2.17. The van der Waals surface area contributed by atoms with Crippen molar-refractivity contribution in [3.8, 4) is 0 Å². The Morgan fingerprint density at radius 3 is 2.86 bits per heavy atom. The van der Waals surface area contributed by atoms with E-state index in [1.165, 1.54) is 24.3 Å². The number of fused-ring (bicyclic) bond motifs is 1. The molecule has 0 spiro atoms. The van der Waals surface area contributed by atoms with Gasteiger partial charge in [0.25, 0.3) is 5.91 Å². The molecule has 1 unspecified atom stereocenters. The van der Waals surface area contributed by atoms with Crippen molar-refractivity contribution in [3.05, 3.63) is 46.0 Å². The second-order valence-electron chi connectivity index (χ2n) is 5.67. The number of nitrogens with one attached hydrogen (secondary N) is 2. The van der Waals surface area contributed by atoms with Crippen molar-refractivity contribution in [1.82, 2.24) is 10.3 Å². The Balaban J connectivity index is 1.94. The van der Waals surface area contributed by atoms with Gasteiger partial charge in [0.05, 0.1) is 11.1 Å². The van der Waals surface area contributed by atoms with E-state index in [-0.39, 0.29) is 24.1 Å². The molecule has 1 saturated carbocycles. The average molecular weight is 304 g/mol. The minimum Gasteiger partial charge on any atom is -0.396 e. The van der Waals surface area contributed by atoms with Crippen LogP contribution in [0.4, 0.5) is 4.39 Å². The fourth-order valence-corrected chi connectivity index (χ4v) is 2.73. The van der Waals surface area contributed by atoms with Crippen LogP contribution in [0, 0.1) is 11.7 Å². The van der Waals surface area contributed by atoms with Crippen LogP contribution in [0.5, 0.6) is 0 Å². The highest BCUT2D eigenvalue weighted by Crippen LogP contribution is 2.34. The predicted molar refractivity (Wildman–Crippen MR) is 80.2 cm³/mol. The highest BCUT2D eigenvalue weighted by Gasteiger charge is 2.32. The number of carbonyl (C=O) groups is 1. The van der Waals surface area contributed by atoms with Crippen LogP contribution >= 0.6 is 0 Å². The number of aliphatic hydroxyl groups excluding tert-OH is 1. The summed E-state index contributed by atoms with van der Waals surface area (Å²) >= 11 is 0. The number of rotatable bonds is 5. The Labute approximate surface area is 126 Å². The molecule has 0 bridgehead atoms. The SMILES string of the molecule is O=C(NC(CCO)C1CC1)c1cc(=O)[nH]c2cc(F)ccc12. The van der Waals surface area contributed by atoms with E-state index in [0.29, 0.717) is 23.2 Å². The standard InChI is InChI=1S/C16H17FN2O3/c17-10-3-4-11-12(8-15(21)18-14(11)7-10)16(22)19-13(5-6-20)9-1-2-9/h3-4,7-9,13,20H,1-2,5-6H2,(H,18,21)(H,19,22). The van der Waals surface area contributed by atoms with Crippen LogP contribution in [0.3, 0.4) is 0 Å². The largest absolute Gasteiger partial charge is 0.396 e. The van der Waals surface area contributed by atoms with E-state index in [0.717, 1.165) is 12.8 Å². The van der Waals surface area contributed by atoms with Gasteiger partial charge in [0, 0.05) is 24.1 Å². The first-order valence-corrected chi connectivity index (χ1v) is 7.33. The zero-order chi connectivity index (χ0) is 15.7. The van der Waals surface area contributed by atoms with Crippen LogP contribution < -0.4 is 10.9 Å². The third kappa shape index (κ3) is 3.01. The van der Waals surface area contributed by atoms with Gasteiger partial charge < -0.3 is 15.4 Å². The van der Waals surface area contributed by atoms with Crippen LogP contribution in [0.15, 0.2) is 29.1 Å². The van der Waals surface area contributed by atoms with Gasteiger partial charge in [-0.25, -0.2) is 4.39 Å².